The van der Waals surface area contributed by atoms with Crippen LogP contribution in [0.15, 0.2) is 18.2 Å². The van der Waals surface area contributed by atoms with Gasteiger partial charge in [0.2, 0.25) is 5.91 Å². The lowest BCUT2D eigenvalue weighted by Gasteiger charge is -2.25. The van der Waals surface area contributed by atoms with Crippen LogP contribution in [0.1, 0.15) is 30.4 Å². The van der Waals surface area contributed by atoms with Crippen LogP contribution in [0.4, 0.5) is 5.69 Å². The topological polar surface area (TPSA) is 32.3 Å². The fraction of sp³-hybridized carbons (Fsp3) is 0.533. The van der Waals surface area contributed by atoms with E-state index in [0.717, 1.165) is 18.8 Å². The van der Waals surface area contributed by atoms with Crippen LogP contribution in [0.2, 0.25) is 0 Å². The Balaban J connectivity index is 1.89. The van der Waals surface area contributed by atoms with Gasteiger partial charge >= 0.3 is 0 Å². The number of carbonyl (C=O) groups is 1. The number of likely N-dealkylation sites (tertiary alicyclic amines) is 1. The van der Waals surface area contributed by atoms with Gasteiger partial charge in [0.1, 0.15) is 0 Å². The SMILES string of the molecule is Cc1cc(C)cc(NC(=O)CN2CCCCC2)c1. The number of benzene rings is 1. The molecule has 0 spiro atoms. The molecule has 98 valence electrons. The van der Waals surface area contributed by atoms with Crippen molar-refractivity contribution in [2.24, 2.45) is 0 Å². The molecule has 1 aliphatic rings. The van der Waals surface area contributed by atoms with Crippen LogP contribution in [0, 0.1) is 13.8 Å². The van der Waals surface area contributed by atoms with Crippen molar-refractivity contribution in [1.29, 1.82) is 0 Å². The Bertz CT molecular complexity index is 402. The standard InChI is InChI=1S/C15H22N2O/c1-12-8-13(2)10-14(9-12)16-15(18)11-17-6-4-3-5-7-17/h8-10H,3-7,11H2,1-2H3,(H,16,18). The average Bonchev–Trinajstić information content (AvgIpc) is 2.28. The number of rotatable bonds is 3. The third kappa shape index (κ3) is 3.84. The summed E-state index contributed by atoms with van der Waals surface area (Å²) in [6, 6.07) is 6.14. The van der Waals surface area contributed by atoms with Gasteiger partial charge in [-0.05, 0) is 63.0 Å². The van der Waals surface area contributed by atoms with Gasteiger partial charge < -0.3 is 5.32 Å². The number of nitrogens with zero attached hydrogens (tertiary/aromatic N) is 1. The van der Waals surface area contributed by atoms with E-state index in [-0.39, 0.29) is 5.91 Å². The Morgan fingerprint density at radius 1 is 1.11 bits per heavy atom. The molecule has 1 aromatic rings. The second-order valence-electron chi connectivity index (χ2n) is 5.26. The van der Waals surface area contributed by atoms with Gasteiger partial charge in [-0.25, -0.2) is 0 Å². The molecular formula is C15H22N2O. The summed E-state index contributed by atoms with van der Waals surface area (Å²) in [6.07, 6.45) is 3.74. The number of carbonyl (C=O) groups excluding carboxylic acids is 1. The lowest BCUT2D eigenvalue weighted by Crippen LogP contribution is -2.36. The third-order valence-electron chi connectivity index (χ3n) is 3.32. The molecule has 0 aromatic heterocycles. The van der Waals surface area contributed by atoms with E-state index >= 15 is 0 Å². The summed E-state index contributed by atoms with van der Waals surface area (Å²) >= 11 is 0. The zero-order chi connectivity index (χ0) is 13.0. The lowest BCUT2D eigenvalue weighted by atomic mass is 10.1. The highest BCUT2D eigenvalue weighted by Gasteiger charge is 2.13. The molecule has 1 heterocycles. The largest absolute Gasteiger partial charge is 0.325 e. The Kier molecular flexibility index (Phi) is 4.37. The highest BCUT2D eigenvalue weighted by atomic mass is 16.2. The molecule has 0 aliphatic carbocycles. The van der Waals surface area contributed by atoms with Crippen LogP contribution >= 0.6 is 0 Å². The van der Waals surface area contributed by atoms with Crippen LogP contribution in [0.5, 0.6) is 0 Å². The molecule has 0 saturated carbocycles. The van der Waals surface area contributed by atoms with Gasteiger partial charge in [-0.3, -0.25) is 9.69 Å². The molecule has 1 aliphatic heterocycles. The number of nitrogens with one attached hydrogen (secondary N) is 1. The van der Waals surface area contributed by atoms with Gasteiger partial charge in [0, 0.05) is 5.69 Å². The summed E-state index contributed by atoms with van der Waals surface area (Å²) in [6.45, 7) is 6.73. The lowest BCUT2D eigenvalue weighted by molar-refractivity contribution is -0.117. The third-order valence-corrected chi connectivity index (χ3v) is 3.32. The molecule has 0 radical (unpaired) electrons. The zero-order valence-corrected chi connectivity index (χ0v) is 11.3. The molecule has 1 fully saturated rings. The van der Waals surface area contributed by atoms with Crippen molar-refractivity contribution < 1.29 is 4.79 Å². The first-order valence-corrected chi connectivity index (χ1v) is 6.74. The predicted octanol–water partition coefficient (Wildman–Crippen LogP) is 2.73. The highest BCUT2D eigenvalue weighted by molar-refractivity contribution is 5.92. The van der Waals surface area contributed by atoms with Crippen LogP contribution in [0.3, 0.4) is 0 Å². The number of hydrogen-bond donors (Lipinski definition) is 1. The van der Waals surface area contributed by atoms with E-state index in [1.54, 1.807) is 0 Å². The summed E-state index contributed by atoms with van der Waals surface area (Å²) in [5, 5.41) is 2.99. The zero-order valence-electron chi connectivity index (χ0n) is 11.3. The number of aryl methyl sites for hydroxylation is 2. The molecule has 0 bridgehead atoms. The van der Waals surface area contributed by atoms with Crippen molar-refractivity contribution in [3.05, 3.63) is 29.3 Å². The van der Waals surface area contributed by atoms with Gasteiger partial charge in [-0.1, -0.05) is 12.5 Å². The van der Waals surface area contributed by atoms with Gasteiger partial charge in [0.15, 0.2) is 0 Å². The second kappa shape index (κ2) is 6.01. The Hall–Kier alpha value is -1.35. The van der Waals surface area contributed by atoms with E-state index in [9.17, 15) is 4.79 Å². The summed E-state index contributed by atoms with van der Waals surface area (Å²) < 4.78 is 0. The predicted molar refractivity (Wildman–Crippen MR) is 74.8 cm³/mol. The summed E-state index contributed by atoms with van der Waals surface area (Å²) in [7, 11) is 0. The quantitative estimate of drug-likeness (QED) is 0.889. The molecule has 3 nitrogen and oxygen atoms in total. The number of anilines is 1. The molecule has 3 heteroatoms. The molecule has 2 rings (SSSR count). The number of amides is 1. The van der Waals surface area contributed by atoms with Crippen molar-refractivity contribution in [3.8, 4) is 0 Å². The van der Waals surface area contributed by atoms with Gasteiger partial charge in [0.05, 0.1) is 6.54 Å². The molecule has 0 unspecified atom stereocenters. The van der Waals surface area contributed by atoms with E-state index in [4.69, 9.17) is 0 Å². The minimum Gasteiger partial charge on any atom is -0.325 e. The molecule has 18 heavy (non-hydrogen) atoms. The second-order valence-corrected chi connectivity index (χ2v) is 5.26. The highest BCUT2D eigenvalue weighted by Crippen LogP contribution is 2.14. The molecule has 1 N–H and O–H groups in total. The molecule has 1 amide bonds. The fourth-order valence-corrected chi connectivity index (χ4v) is 2.57. The summed E-state index contributed by atoms with van der Waals surface area (Å²) in [4.78, 5) is 14.2. The first-order chi connectivity index (χ1) is 8.63. The maximum Gasteiger partial charge on any atom is 0.238 e. The van der Waals surface area contributed by atoms with Crippen LogP contribution in [-0.4, -0.2) is 30.4 Å². The van der Waals surface area contributed by atoms with Gasteiger partial charge in [0.25, 0.3) is 0 Å². The van der Waals surface area contributed by atoms with Gasteiger partial charge in [-0.15, -0.1) is 0 Å². The molecule has 1 saturated heterocycles. The first-order valence-electron chi connectivity index (χ1n) is 6.74. The maximum atomic E-state index is 12.0. The van der Waals surface area contributed by atoms with E-state index in [2.05, 4.69) is 16.3 Å². The summed E-state index contributed by atoms with van der Waals surface area (Å²) in [5.74, 6) is 0.0990. The van der Waals surface area contributed by atoms with Crippen LogP contribution < -0.4 is 5.32 Å². The van der Waals surface area contributed by atoms with Crippen molar-refractivity contribution in [1.82, 2.24) is 4.90 Å². The minimum atomic E-state index is 0.0990. The van der Waals surface area contributed by atoms with E-state index < -0.39 is 0 Å². The van der Waals surface area contributed by atoms with Gasteiger partial charge in [-0.2, -0.15) is 0 Å². The molecular weight excluding hydrogens is 224 g/mol. The van der Waals surface area contributed by atoms with Crippen molar-refractivity contribution in [3.63, 3.8) is 0 Å². The fourth-order valence-electron chi connectivity index (χ4n) is 2.57. The monoisotopic (exact) mass is 246 g/mol. The Morgan fingerprint density at radius 2 is 1.72 bits per heavy atom. The van der Waals surface area contributed by atoms with E-state index in [0.29, 0.717) is 6.54 Å². The minimum absolute atomic E-state index is 0.0990. The smallest absolute Gasteiger partial charge is 0.238 e. The van der Waals surface area contributed by atoms with Crippen molar-refractivity contribution in [2.75, 3.05) is 25.0 Å². The Morgan fingerprint density at radius 3 is 2.33 bits per heavy atom. The van der Waals surface area contributed by atoms with Crippen LogP contribution in [-0.2, 0) is 4.79 Å². The normalized spacial score (nSPS) is 16.6. The van der Waals surface area contributed by atoms with Crippen LogP contribution in [0.25, 0.3) is 0 Å². The van der Waals surface area contributed by atoms with E-state index in [1.807, 2.05) is 26.0 Å². The maximum absolute atomic E-state index is 12.0. The number of piperidine rings is 1. The molecule has 0 atom stereocenters. The molecule has 1 aromatic carbocycles. The first kappa shape index (κ1) is 13.1. The number of hydrogen-bond acceptors (Lipinski definition) is 2. The van der Waals surface area contributed by atoms with Crippen molar-refractivity contribution in [2.45, 2.75) is 33.1 Å². The van der Waals surface area contributed by atoms with E-state index in [1.165, 1.54) is 30.4 Å². The summed E-state index contributed by atoms with van der Waals surface area (Å²) in [5.41, 5.74) is 3.28. The van der Waals surface area contributed by atoms with Crippen molar-refractivity contribution >= 4 is 11.6 Å². The average molecular weight is 246 g/mol. The Labute approximate surface area is 109 Å².